The lowest BCUT2D eigenvalue weighted by Gasteiger charge is -2.12. The number of ether oxygens (including phenoxy) is 1. The van der Waals surface area contributed by atoms with Crippen molar-refractivity contribution in [2.45, 2.75) is 39.8 Å². The van der Waals surface area contributed by atoms with Gasteiger partial charge in [-0.1, -0.05) is 22.9 Å². The van der Waals surface area contributed by atoms with E-state index in [1.165, 1.54) is 0 Å². The molecule has 0 aliphatic heterocycles. The fraction of sp³-hybridized carbons (Fsp3) is 0.400. The van der Waals surface area contributed by atoms with Crippen LogP contribution >= 0.6 is 15.9 Å². The molecule has 2 aromatic rings. The van der Waals surface area contributed by atoms with Gasteiger partial charge in [0, 0.05) is 16.7 Å². The minimum Gasteiger partial charge on any atom is -0.485 e. The molecule has 0 amide bonds. The van der Waals surface area contributed by atoms with E-state index in [1.807, 2.05) is 36.0 Å². The van der Waals surface area contributed by atoms with Crippen molar-refractivity contribution in [2.24, 2.45) is 0 Å². The van der Waals surface area contributed by atoms with Crippen LogP contribution in [0.25, 0.3) is 0 Å². The minimum absolute atomic E-state index is 0.406. The molecule has 1 atom stereocenters. The number of hydrogen-bond acceptors (Lipinski definition) is 3. The summed E-state index contributed by atoms with van der Waals surface area (Å²) in [5.41, 5.74) is 8.54. The summed E-state index contributed by atoms with van der Waals surface area (Å²) in [5.74, 6) is 0.728. The van der Waals surface area contributed by atoms with Gasteiger partial charge in [0.2, 0.25) is 0 Å². The minimum atomic E-state index is 0.406. The van der Waals surface area contributed by atoms with E-state index < -0.39 is 0 Å². The molecule has 1 unspecified atom stereocenters. The van der Waals surface area contributed by atoms with Crippen molar-refractivity contribution in [1.82, 2.24) is 9.78 Å². The van der Waals surface area contributed by atoms with E-state index in [2.05, 4.69) is 34.9 Å². The van der Waals surface area contributed by atoms with Gasteiger partial charge in [-0.25, -0.2) is 0 Å². The second-order valence-corrected chi connectivity index (χ2v) is 5.89. The highest BCUT2D eigenvalue weighted by Crippen LogP contribution is 2.30. The van der Waals surface area contributed by atoms with Gasteiger partial charge in [0.1, 0.15) is 12.4 Å². The van der Waals surface area contributed by atoms with Crippen LogP contribution in [0.5, 0.6) is 5.75 Å². The van der Waals surface area contributed by atoms with Gasteiger partial charge in [-0.2, -0.15) is 5.10 Å². The van der Waals surface area contributed by atoms with Gasteiger partial charge < -0.3 is 10.5 Å². The predicted octanol–water partition coefficient (Wildman–Crippen LogP) is 4.09. The molecule has 0 bridgehead atoms. The van der Waals surface area contributed by atoms with Crippen molar-refractivity contribution < 1.29 is 4.74 Å². The molecule has 0 saturated carbocycles. The van der Waals surface area contributed by atoms with E-state index in [0.717, 1.165) is 27.9 Å². The molecule has 2 rings (SSSR count). The van der Waals surface area contributed by atoms with Gasteiger partial charge in [-0.05, 0) is 44.0 Å². The average Bonchev–Trinajstić information content (AvgIpc) is 2.85. The Balaban J connectivity index is 2.07. The van der Waals surface area contributed by atoms with Crippen molar-refractivity contribution >= 4 is 21.6 Å². The van der Waals surface area contributed by atoms with E-state index in [0.29, 0.717) is 18.3 Å². The molecule has 0 aliphatic rings. The van der Waals surface area contributed by atoms with Gasteiger partial charge in [0.15, 0.2) is 0 Å². The van der Waals surface area contributed by atoms with Crippen molar-refractivity contribution in [3.63, 3.8) is 0 Å². The Morgan fingerprint density at radius 3 is 2.85 bits per heavy atom. The molecular formula is C15H20BrN3O. The highest BCUT2D eigenvalue weighted by molar-refractivity contribution is 9.10. The standard InChI is InChI=1S/C15H20BrN3O/c1-4-11(3)19-6-5-13(18-19)9-20-15-10(2)7-12(16)8-14(15)17/h5-8,11H,4,9,17H2,1-3H3. The highest BCUT2D eigenvalue weighted by Gasteiger charge is 2.09. The Morgan fingerprint density at radius 2 is 2.20 bits per heavy atom. The Bertz CT molecular complexity index is 572. The first-order valence-electron chi connectivity index (χ1n) is 6.73. The summed E-state index contributed by atoms with van der Waals surface area (Å²) in [6, 6.07) is 6.23. The summed E-state index contributed by atoms with van der Waals surface area (Å²) >= 11 is 3.42. The fourth-order valence-corrected chi connectivity index (χ4v) is 2.58. The summed E-state index contributed by atoms with van der Waals surface area (Å²) in [5, 5.41) is 4.51. The van der Waals surface area contributed by atoms with E-state index in [-0.39, 0.29) is 0 Å². The summed E-state index contributed by atoms with van der Waals surface area (Å²) in [7, 11) is 0. The third kappa shape index (κ3) is 3.33. The largest absolute Gasteiger partial charge is 0.485 e. The Morgan fingerprint density at radius 1 is 1.45 bits per heavy atom. The summed E-state index contributed by atoms with van der Waals surface area (Å²) in [4.78, 5) is 0. The zero-order chi connectivity index (χ0) is 14.7. The molecule has 0 fully saturated rings. The molecule has 1 heterocycles. The monoisotopic (exact) mass is 337 g/mol. The summed E-state index contributed by atoms with van der Waals surface area (Å²) < 4.78 is 8.74. The first kappa shape index (κ1) is 14.9. The molecular weight excluding hydrogens is 318 g/mol. The number of anilines is 1. The van der Waals surface area contributed by atoms with Gasteiger partial charge in [-0.15, -0.1) is 0 Å². The van der Waals surface area contributed by atoms with Gasteiger partial charge in [-0.3, -0.25) is 4.68 Å². The molecule has 0 aliphatic carbocycles. The molecule has 1 aromatic heterocycles. The van der Waals surface area contributed by atoms with Crippen LogP contribution in [0.15, 0.2) is 28.9 Å². The van der Waals surface area contributed by atoms with Gasteiger partial charge >= 0.3 is 0 Å². The molecule has 5 heteroatoms. The lowest BCUT2D eigenvalue weighted by Crippen LogP contribution is -2.06. The number of hydrogen-bond donors (Lipinski definition) is 1. The normalized spacial score (nSPS) is 12.4. The van der Waals surface area contributed by atoms with Crippen molar-refractivity contribution in [3.8, 4) is 5.75 Å². The summed E-state index contributed by atoms with van der Waals surface area (Å²) in [6.07, 6.45) is 3.05. The van der Waals surface area contributed by atoms with Crippen molar-refractivity contribution in [1.29, 1.82) is 0 Å². The maximum Gasteiger partial charge on any atom is 0.145 e. The van der Waals surface area contributed by atoms with E-state index in [1.54, 1.807) is 0 Å². The maximum atomic E-state index is 5.98. The number of halogens is 1. The second kappa shape index (κ2) is 6.31. The van der Waals surface area contributed by atoms with Gasteiger partial charge in [0.25, 0.3) is 0 Å². The van der Waals surface area contributed by atoms with Crippen LogP contribution in [0, 0.1) is 6.92 Å². The number of benzene rings is 1. The van der Waals surface area contributed by atoms with Gasteiger partial charge in [0.05, 0.1) is 11.4 Å². The zero-order valence-corrected chi connectivity index (χ0v) is 13.6. The number of nitrogens with zero attached hydrogens (tertiary/aromatic N) is 2. The topological polar surface area (TPSA) is 53.1 Å². The molecule has 4 nitrogen and oxygen atoms in total. The number of aryl methyl sites for hydroxylation is 1. The van der Waals surface area contributed by atoms with Crippen molar-refractivity contribution in [3.05, 3.63) is 40.1 Å². The SMILES string of the molecule is CCC(C)n1ccc(COc2c(C)cc(Br)cc2N)n1. The Kier molecular flexibility index (Phi) is 4.70. The average molecular weight is 338 g/mol. The Labute approximate surface area is 128 Å². The maximum absolute atomic E-state index is 5.98. The molecule has 0 spiro atoms. The van der Waals surface area contributed by atoms with Crippen LogP contribution in [0.4, 0.5) is 5.69 Å². The van der Waals surface area contributed by atoms with Crippen LogP contribution in [0.1, 0.15) is 37.6 Å². The molecule has 1 aromatic carbocycles. The number of nitrogens with two attached hydrogens (primary N) is 1. The Hall–Kier alpha value is -1.49. The third-order valence-electron chi connectivity index (χ3n) is 3.34. The van der Waals surface area contributed by atoms with Crippen LogP contribution < -0.4 is 10.5 Å². The molecule has 2 N–H and O–H groups in total. The molecule has 0 saturated heterocycles. The zero-order valence-electron chi connectivity index (χ0n) is 12.1. The molecule has 0 radical (unpaired) electrons. The van der Waals surface area contributed by atoms with Crippen LogP contribution in [-0.4, -0.2) is 9.78 Å². The second-order valence-electron chi connectivity index (χ2n) is 4.97. The first-order chi connectivity index (χ1) is 9.51. The van der Waals surface area contributed by atoms with Crippen molar-refractivity contribution in [2.75, 3.05) is 5.73 Å². The highest BCUT2D eigenvalue weighted by atomic mass is 79.9. The molecule has 20 heavy (non-hydrogen) atoms. The number of aromatic nitrogens is 2. The lowest BCUT2D eigenvalue weighted by molar-refractivity contribution is 0.298. The van der Waals surface area contributed by atoms with E-state index in [4.69, 9.17) is 10.5 Å². The van der Waals surface area contributed by atoms with Crippen LogP contribution in [0.2, 0.25) is 0 Å². The molecule has 108 valence electrons. The van der Waals surface area contributed by atoms with E-state index in [9.17, 15) is 0 Å². The van der Waals surface area contributed by atoms with Crippen LogP contribution in [-0.2, 0) is 6.61 Å². The first-order valence-corrected chi connectivity index (χ1v) is 7.53. The number of nitrogen functional groups attached to an aromatic ring is 1. The fourth-order valence-electron chi connectivity index (χ4n) is 1.99. The number of rotatable bonds is 5. The van der Waals surface area contributed by atoms with Crippen LogP contribution in [0.3, 0.4) is 0 Å². The smallest absolute Gasteiger partial charge is 0.145 e. The lowest BCUT2D eigenvalue weighted by atomic mass is 10.2. The predicted molar refractivity (Wildman–Crippen MR) is 84.9 cm³/mol. The van der Waals surface area contributed by atoms with E-state index >= 15 is 0 Å². The third-order valence-corrected chi connectivity index (χ3v) is 3.80. The quantitative estimate of drug-likeness (QED) is 0.836. The summed E-state index contributed by atoms with van der Waals surface area (Å²) in [6.45, 7) is 6.70.